The Balaban J connectivity index is 1.97. The van der Waals surface area contributed by atoms with Gasteiger partial charge in [-0.1, -0.05) is 30.3 Å². The van der Waals surface area contributed by atoms with E-state index < -0.39 is 9.84 Å². The van der Waals surface area contributed by atoms with E-state index in [2.05, 4.69) is 17.2 Å². The Labute approximate surface area is 181 Å². The Morgan fingerprint density at radius 1 is 1.00 bits per heavy atom. The van der Waals surface area contributed by atoms with Crippen LogP contribution in [0.1, 0.15) is 22.4 Å². The Kier molecular flexibility index (Phi) is 5.31. The molecule has 0 aliphatic heterocycles. The molecule has 0 N–H and O–H groups in total. The van der Waals surface area contributed by atoms with Crippen molar-refractivity contribution < 1.29 is 8.42 Å². The van der Waals surface area contributed by atoms with Crippen LogP contribution in [0.3, 0.4) is 0 Å². The third-order valence-corrected chi connectivity index (χ3v) is 6.30. The van der Waals surface area contributed by atoms with Gasteiger partial charge in [0.05, 0.1) is 17.0 Å². The van der Waals surface area contributed by atoms with Gasteiger partial charge < -0.3 is 4.57 Å². The van der Waals surface area contributed by atoms with E-state index >= 15 is 0 Å². The predicted octanol–water partition coefficient (Wildman–Crippen LogP) is 3.38. The van der Waals surface area contributed by atoms with Crippen LogP contribution < -0.4 is 5.56 Å². The number of hydrogen-bond acceptors (Lipinski definition) is 4. The fraction of sp³-hybridized carbons (Fsp3) is 0.250. The molecule has 31 heavy (non-hydrogen) atoms. The van der Waals surface area contributed by atoms with Crippen molar-refractivity contribution in [1.29, 1.82) is 0 Å². The zero-order chi connectivity index (χ0) is 22.3. The Hall–Kier alpha value is -3.19. The number of fused-ring (bicyclic) bond motifs is 1. The maximum Gasteiger partial charge on any atom is 0.253 e. The molecular formula is C24H25N3O3S. The number of rotatable bonds is 5. The van der Waals surface area contributed by atoms with E-state index in [9.17, 15) is 13.2 Å². The minimum Gasteiger partial charge on any atom is -0.318 e. The predicted molar refractivity (Wildman–Crippen MR) is 124 cm³/mol. The Morgan fingerprint density at radius 2 is 1.71 bits per heavy atom. The van der Waals surface area contributed by atoms with Gasteiger partial charge >= 0.3 is 0 Å². The maximum absolute atomic E-state index is 12.1. The molecule has 0 radical (unpaired) electrons. The third kappa shape index (κ3) is 4.32. The maximum atomic E-state index is 12.1. The van der Waals surface area contributed by atoms with Crippen molar-refractivity contribution in [2.24, 2.45) is 14.1 Å². The van der Waals surface area contributed by atoms with E-state index in [1.807, 2.05) is 48.1 Å². The Morgan fingerprint density at radius 3 is 2.35 bits per heavy atom. The van der Waals surface area contributed by atoms with Gasteiger partial charge in [0.15, 0.2) is 9.84 Å². The first kappa shape index (κ1) is 21.1. The number of nitrogens with zero attached hydrogens (tertiary/aromatic N) is 3. The molecule has 0 fully saturated rings. The summed E-state index contributed by atoms with van der Waals surface area (Å²) in [6.45, 7) is 1.78. The first-order valence-corrected chi connectivity index (χ1v) is 12.1. The average Bonchev–Trinajstić information content (AvgIpc) is 3.01. The molecule has 2 aromatic heterocycles. The molecule has 7 heteroatoms. The van der Waals surface area contributed by atoms with Gasteiger partial charge in [-0.3, -0.25) is 9.48 Å². The van der Waals surface area contributed by atoms with Crippen LogP contribution >= 0.6 is 0 Å². The molecule has 0 atom stereocenters. The zero-order valence-electron chi connectivity index (χ0n) is 18.1. The molecule has 4 aromatic rings. The summed E-state index contributed by atoms with van der Waals surface area (Å²) in [5, 5.41) is 5.60. The molecule has 2 heterocycles. The third-order valence-electron chi connectivity index (χ3n) is 5.47. The number of hydrogen-bond donors (Lipinski definition) is 0. The summed E-state index contributed by atoms with van der Waals surface area (Å²) in [6, 6.07) is 15.9. The molecule has 160 valence electrons. The number of aryl methyl sites for hydroxylation is 3. The lowest BCUT2D eigenvalue weighted by atomic mass is 9.98. The number of pyridine rings is 1. The summed E-state index contributed by atoms with van der Waals surface area (Å²) >= 11 is 0. The minimum absolute atomic E-state index is 0.0488. The molecular weight excluding hydrogens is 410 g/mol. The minimum atomic E-state index is -3.26. The summed E-state index contributed by atoms with van der Waals surface area (Å²) in [6.07, 6.45) is 3.70. The van der Waals surface area contributed by atoms with Crippen LogP contribution in [-0.4, -0.2) is 29.0 Å². The van der Waals surface area contributed by atoms with E-state index in [0.717, 1.165) is 27.8 Å². The van der Waals surface area contributed by atoms with Gasteiger partial charge in [-0.05, 0) is 47.4 Å². The van der Waals surface area contributed by atoms with Crippen LogP contribution in [0.15, 0.2) is 59.5 Å². The monoisotopic (exact) mass is 435 g/mol. The molecule has 0 saturated carbocycles. The SMILES string of the molecule is Cc1cc(-c2cc(CS(C)(=O)=O)c3nn(C)c(Cc4ccccc4)c3c2)cn(C)c1=O. The van der Waals surface area contributed by atoms with Gasteiger partial charge in [0.2, 0.25) is 0 Å². The van der Waals surface area contributed by atoms with Gasteiger partial charge in [-0.25, -0.2) is 8.42 Å². The highest BCUT2D eigenvalue weighted by molar-refractivity contribution is 7.89. The van der Waals surface area contributed by atoms with Gasteiger partial charge in [-0.15, -0.1) is 0 Å². The van der Waals surface area contributed by atoms with Crippen molar-refractivity contribution >= 4 is 20.7 Å². The summed E-state index contributed by atoms with van der Waals surface area (Å²) in [5.74, 6) is -0.0934. The summed E-state index contributed by atoms with van der Waals surface area (Å²) in [7, 11) is 0.352. The van der Waals surface area contributed by atoms with E-state index in [1.54, 1.807) is 24.7 Å². The first-order valence-electron chi connectivity index (χ1n) is 10.00. The Bertz CT molecular complexity index is 1420. The second kappa shape index (κ2) is 7.81. The van der Waals surface area contributed by atoms with Crippen LogP contribution in [0.25, 0.3) is 22.0 Å². The topological polar surface area (TPSA) is 74.0 Å². The highest BCUT2D eigenvalue weighted by atomic mass is 32.2. The second-order valence-corrected chi connectivity index (χ2v) is 10.3. The van der Waals surface area contributed by atoms with Crippen LogP contribution in [-0.2, 0) is 36.1 Å². The lowest BCUT2D eigenvalue weighted by molar-refractivity contribution is 0.601. The van der Waals surface area contributed by atoms with Crippen molar-refractivity contribution in [3.8, 4) is 11.1 Å². The number of sulfone groups is 1. The summed E-state index contributed by atoms with van der Waals surface area (Å²) in [4.78, 5) is 12.1. The smallest absolute Gasteiger partial charge is 0.253 e. The molecule has 6 nitrogen and oxygen atoms in total. The van der Waals surface area contributed by atoms with Gasteiger partial charge in [-0.2, -0.15) is 5.10 Å². The molecule has 0 aliphatic carbocycles. The van der Waals surface area contributed by atoms with Crippen molar-refractivity contribution in [2.75, 3.05) is 6.26 Å². The normalized spacial score (nSPS) is 11.9. The standard InChI is InChI=1S/C24H25N3O3S/c1-16-10-19(14-26(2)24(16)28)18-12-20(15-31(4,29)30)23-21(13-18)22(27(3)25-23)11-17-8-6-5-7-9-17/h5-10,12-14H,11,15H2,1-4H3. The van der Waals surface area contributed by atoms with Crippen molar-refractivity contribution in [3.05, 3.63) is 87.5 Å². The van der Waals surface area contributed by atoms with Crippen LogP contribution in [0.5, 0.6) is 0 Å². The van der Waals surface area contributed by atoms with Crippen molar-refractivity contribution in [3.63, 3.8) is 0 Å². The fourth-order valence-corrected chi connectivity index (χ4v) is 4.80. The van der Waals surface area contributed by atoms with Crippen LogP contribution in [0, 0.1) is 6.92 Å². The molecule has 0 unspecified atom stereocenters. The van der Waals surface area contributed by atoms with Crippen molar-refractivity contribution in [1.82, 2.24) is 14.3 Å². The first-order chi connectivity index (χ1) is 14.6. The molecule has 0 saturated heterocycles. The summed E-state index contributed by atoms with van der Waals surface area (Å²) < 4.78 is 27.7. The van der Waals surface area contributed by atoms with E-state index in [0.29, 0.717) is 23.1 Å². The fourth-order valence-electron chi connectivity index (χ4n) is 4.01. The molecule has 0 amide bonds. The van der Waals surface area contributed by atoms with E-state index in [1.165, 1.54) is 6.26 Å². The van der Waals surface area contributed by atoms with E-state index in [4.69, 9.17) is 0 Å². The quantitative estimate of drug-likeness (QED) is 0.482. The zero-order valence-corrected chi connectivity index (χ0v) is 18.9. The molecule has 2 aromatic carbocycles. The van der Waals surface area contributed by atoms with Crippen LogP contribution in [0.4, 0.5) is 0 Å². The van der Waals surface area contributed by atoms with Gasteiger partial charge in [0.1, 0.15) is 0 Å². The molecule has 0 spiro atoms. The second-order valence-electron chi connectivity index (χ2n) is 8.16. The molecule has 4 rings (SSSR count). The van der Waals surface area contributed by atoms with Crippen molar-refractivity contribution in [2.45, 2.75) is 19.1 Å². The van der Waals surface area contributed by atoms with Gasteiger partial charge in [0, 0.05) is 43.9 Å². The lowest BCUT2D eigenvalue weighted by Gasteiger charge is -2.10. The lowest BCUT2D eigenvalue weighted by Crippen LogP contribution is -2.18. The number of benzene rings is 2. The summed E-state index contributed by atoms with van der Waals surface area (Å²) in [5.41, 5.74) is 5.85. The molecule has 0 bridgehead atoms. The largest absolute Gasteiger partial charge is 0.318 e. The number of aromatic nitrogens is 3. The average molecular weight is 436 g/mol. The molecule has 0 aliphatic rings. The highest BCUT2D eigenvalue weighted by Crippen LogP contribution is 2.31. The van der Waals surface area contributed by atoms with E-state index in [-0.39, 0.29) is 11.3 Å². The highest BCUT2D eigenvalue weighted by Gasteiger charge is 2.18. The van der Waals surface area contributed by atoms with Crippen LogP contribution in [0.2, 0.25) is 0 Å². The van der Waals surface area contributed by atoms with Gasteiger partial charge in [0.25, 0.3) is 5.56 Å².